The molecule has 2 unspecified atom stereocenters. The van der Waals surface area contributed by atoms with Crippen LogP contribution in [0.25, 0.3) is 0 Å². The van der Waals surface area contributed by atoms with Crippen LogP contribution in [0.2, 0.25) is 0 Å². The van der Waals surface area contributed by atoms with Gasteiger partial charge in [0.25, 0.3) is 0 Å². The van der Waals surface area contributed by atoms with E-state index in [2.05, 4.69) is 34.6 Å². The molecule has 1 N–H and O–H groups in total. The molecule has 0 heterocycles. The smallest absolute Gasteiger partial charge is 0.306 e. The molecule has 0 aliphatic heterocycles. The predicted octanol–water partition coefficient (Wildman–Crippen LogP) is 12.2. The fourth-order valence-corrected chi connectivity index (χ4v) is 5.23. The minimum atomic E-state index is -0.663. The van der Waals surface area contributed by atoms with Crippen molar-refractivity contribution in [3.8, 4) is 0 Å². The van der Waals surface area contributed by atoms with Gasteiger partial charge in [0.1, 0.15) is 6.10 Å². The molecule has 0 fully saturated rings. The molecule has 240 valence electrons. The Kier molecular flexibility index (Phi) is 35.1. The summed E-state index contributed by atoms with van der Waals surface area (Å²) in [6.45, 7) is 11.3. The summed E-state index contributed by atoms with van der Waals surface area (Å²) in [5.41, 5.74) is 0. The maximum Gasteiger partial charge on any atom is 0.306 e. The van der Waals surface area contributed by atoms with Gasteiger partial charge in [0.05, 0.1) is 0 Å². The lowest BCUT2D eigenvalue weighted by molar-refractivity contribution is -0.150. The molecule has 2 atom stereocenters. The van der Waals surface area contributed by atoms with Crippen molar-refractivity contribution in [2.45, 2.75) is 214 Å². The second-order valence-electron chi connectivity index (χ2n) is 12.1. The van der Waals surface area contributed by atoms with Gasteiger partial charge in [-0.05, 0) is 44.4 Å². The second-order valence-corrected chi connectivity index (χ2v) is 12.1. The number of carbonyl (C=O) groups is 2. The van der Waals surface area contributed by atoms with Crippen molar-refractivity contribution in [3.63, 3.8) is 0 Å². The van der Waals surface area contributed by atoms with Crippen molar-refractivity contribution in [3.05, 3.63) is 0 Å². The van der Waals surface area contributed by atoms with Gasteiger partial charge >= 0.3 is 11.9 Å². The number of carbonyl (C=O) groups excluding carboxylic acids is 1. The molecular weight excluding hydrogens is 496 g/mol. The molecule has 0 bridgehead atoms. The van der Waals surface area contributed by atoms with Crippen LogP contribution in [-0.4, -0.2) is 23.1 Å². The van der Waals surface area contributed by atoms with Crippen LogP contribution in [0.15, 0.2) is 0 Å². The van der Waals surface area contributed by atoms with E-state index in [-0.39, 0.29) is 12.1 Å². The summed E-state index contributed by atoms with van der Waals surface area (Å²) < 4.78 is 5.94. The summed E-state index contributed by atoms with van der Waals surface area (Å²) in [4.78, 5) is 22.5. The van der Waals surface area contributed by atoms with E-state index >= 15 is 0 Å². The molecule has 0 rings (SSSR count). The zero-order valence-electron chi connectivity index (χ0n) is 27.9. The van der Waals surface area contributed by atoms with Crippen LogP contribution in [0.1, 0.15) is 208 Å². The Morgan fingerprint density at radius 2 is 0.950 bits per heavy atom. The first-order valence-electron chi connectivity index (χ1n) is 17.9. The Bertz CT molecular complexity index is 519. The van der Waals surface area contributed by atoms with Crippen LogP contribution < -0.4 is 0 Å². The van der Waals surface area contributed by atoms with Crippen LogP contribution in [-0.2, 0) is 14.3 Å². The lowest BCUT2D eigenvalue weighted by atomic mass is 9.92. The fourth-order valence-electron chi connectivity index (χ4n) is 5.23. The number of hydrogen-bond acceptors (Lipinski definition) is 3. The first kappa shape index (κ1) is 41.1. The molecule has 4 nitrogen and oxygen atoms in total. The number of carboxylic acid groups (broad SMARTS) is 1. The highest BCUT2D eigenvalue weighted by Gasteiger charge is 2.16. The van der Waals surface area contributed by atoms with Gasteiger partial charge in [-0.1, -0.05) is 157 Å². The van der Waals surface area contributed by atoms with E-state index in [0.717, 1.165) is 38.0 Å². The number of carboxylic acids is 1. The number of ether oxygens (including phenoxy) is 1. The van der Waals surface area contributed by atoms with Gasteiger partial charge in [0, 0.05) is 12.8 Å². The van der Waals surface area contributed by atoms with Crippen molar-refractivity contribution in [2.24, 2.45) is 5.92 Å². The van der Waals surface area contributed by atoms with Crippen LogP contribution in [0.5, 0.6) is 0 Å². The number of aliphatic carboxylic acids is 1. The molecule has 0 radical (unpaired) electrons. The van der Waals surface area contributed by atoms with E-state index in [1.165, 1.54) is 128 Å². The van der Waals surface area contributed by atoms with E-state index in [1.54, 1.807) is 0 Å². The predicted molar refractivity (Wildman–Crippen MR) is 174 cm³/mol. The van der Waals surface area contributed by atoms with Gasteiger partial charge < -0.3 is 9.84 Å². The third kappa shape index (κ3) is 33.1. The van der Waals surface area contributed by atoms with Gasteiger partial charge in [-0.2, -0.15) is 0 Å². The number of esters is 1. The van der Waals surface area contributed by atoms with Gasteiger partial charge in [-0.3, -0.25) is 9.59 Å². The van der Waals surface area contributed by atoms with E-state index in [9.17, 15) is 9.59 Å². The van der Waals surface area contributed by atoms with Gasteiger partial charge in [0.15, 0.2) is 0 Å². The zero-order valence-corrected chi connectivity index (χ0v) is 27.9. The maximum atomic E-state index is 12.3. The van der Waals surface area contributed by atoms with E-state index < -0.39 is 5.97 Å². The molecule has 0 saturated carbocycles. The first-order valence-corrected chi connectivity index (χ1v) is 17.9. The number of unbranched alkanes of at least 4 members (excludes halogenated alkanes) is 16. The average molecular weight is 569 g/mol. The lowest BCUT2D eigenvalue weighted by Crippen LogP contribution is -2.19. The van der Waals surface area contributed by atoms with Crippen molar-refractivity contribution in [1.29, 1.82) is 0 Å². The zero-order chi connectivity index (χ0) is 30.1. The highest BCUT2D eigenvalue weighted by molar-refractivity contribution is 5.69. The second kappa shape index (κ2) is 34.1. The Labute approximate surface area is 251 Å². The monoisotopic (exact) mass is 569 g/mol. The normalized spacial score (nSPS) is 12.4. The van der Waals surface area contributed by atoms with Crippen molar-refractivity contribution < 1.29 is 19.4 Å². The van der Waals surface area contributed by atoms with E-state index in [1.807, 2.05) is 0 Å². The Morgan fingerprint density at radius 1 is 0.500 bits per heavy atom. The molecule has 0 aromatic heterocycles. The van der Waals surface area contributed by atoms with Crippen molar-refractivity contribution in [1.82, 2.24) is 0 Å². The summed E-state index contributed by atoms with van der Waals surface area (Å²) >= 11 is 0. The topological polar surface area (TPSA) is 63.6 Å². The highest BCUT2D eigenvalue weighted by Crippen LogP contribution is 2.23. The number of hydrogen-bond donors (Lipinski definition) is 1. The lowest BCUT2D eigenvalue weighted by Gasteiger charge is -2.21. The molecule has 0 aliphatic rings. The summed E-state index contributed by atoms with van der Waals surface area (Å²) in [6, 6.07) is 0. The minimum Gasteiger partial charge on any atom is -0.481 e. The standard InChI is InChI=1S/C26H52O2.C10H20O2/c1-5-9-12-14-15-16-18-21-26(27)28-25(20-17-13-10-6-2)23-22-24(8-4)19-11-7-3;1-2-3-4-5-6-7-8-9-10(11)12/h24-25H,5-23H2,1-4H3;2-9H2,1H3,(H,11,12). The Morgan fingerprint density at radius 3 is 1.43 bits per heavy atom. The van der Waals surface area contributed by atoms with E-state index in [0.29, 0.717) is 12.8 Å². The van der Waals surface area contributed by atoms with Crippen LogP contribution in [0, 0.1) is 5.92 Å². The molecule has 0 aliphatic carbocycles. The summed E-state index contributed by atoms with van der Waals surface area (Å²) in [5, 5.41) is 8.35. The van der Waals surface area contributed by atoms with Crippen molar-refractivity contribution in [2.75, 3.05) is 0 Å². The Balaban J connectivity index is 0. The highest BCUT2D eigenvalue weighted by atomic mass is 16.5. The maximum absolute atomic E-state index is 12.3. The molecule has 40 heavy (non-hydrogen) atoms. The largest absolute Gasteiger partial charge is 0.481 e. The van der Waals surface area contributed by atoms with Gasteiger partial charge in [0.2, 0.25) is 0 Å². The molecule has 4 heteroatoms. The fraction of sp³-hybridized carbons (Fsp3) is 0.944. The van der Waals surface area contributed by atoms with Crippen LogP contribution >= 0.6 is 0 Å². The van der Waals surface area contributed by atoms with Crippen LogP contribution in [0.4, 0.5) is 0 Å². The molecule has 0 aromatic carbocycles. The number of rotatable bonds is 29. The molecule has 0 saturated heterocycles. The quantitative estimate of drug-likeness (QED) is 0.0720. The van der Waals surface area contributed by atoms with Gasteiger partial charge in [-0.15, -0.1) is 0 Å². The molecule has 0 aromatic rings. The van der Waals surface area contributed by atoms with Gasteiger partial charge in [-0.25, -0.2) is 0 Å². The Hall–Kier alpha value is -1.06. The third-order valence-corrected chi connectivity index (χ3v) is 8.10. The first-order chi connectivity index (χ1) is 19.4. The molecule has 0 spiro atoms. The van der Waals surface area contributed by atoms with E-state index in [4.69, 9.17) is 9.84 Å². The summed E-state index contributed by atoms with van der Waals surface area (Å²) in [6.07, 6.45) is 31.8. The SMILES string of the molecule is CCCCCCCCCC(=O)O.CCCCCCCCCC(=O)OC(CCCCCC)CCC(CC)CCCC. The molecular formula is C36H72O4. The molecule has 0 amide bonds. The van der Waals surface area contributed by atoms with Crippen molar-refractivity contribution >= 4 is 11.9 Å². The minimum absolute atomic E-state index is 0.0515. The summed E-state index contributed by atoms with van der Waals surface area (Å²) in [7, 11) is 0. The summed E-state index contributed by atoms with van der Waals surface area (Å²) in [5.74, 6) is 0.194. The third-order valence-electron chi connectivity index (χ3n) is 8.10. The van der Waals surface area contributed by atoms with Crippen LogP contribution in [0.3, 0.4) is 0 Å². The average Bonchev–Trinajstić information content (AvgIpc) is 2.94.